The molecule has 3 rings (SSSR count). The number of guanidine groups is 1. The summed E-state index contributed by atoms with van der Waals surface area (Å²) >= 11 is 0. The minimum atomic E-state index is 0. The third-order valence-corrected chi connectivity index (χ3v) is 4.72. The van der Waals surface area contributed by atoms with Crippen molar-refractivity contribution in [3.8, 4) is 11.5 Å². The molecule has 1 aliphatic rings. The van der Waals surface area contributed by atoms with Crippen LogP contribution >= 0.6 is 24.0 Å². The van der Waals surface area contributed by atoms with Gasteiger partial charge in [-0.3, -0.25) is 4.99 Å². The third kappa shape index (κ3) is 5.76. The molecule has 2 N–H and O–H groups in total. The quantitative estimate of drug-likeness (QED) is 0.361. The van der Waals surface area contributed by atoms with E-state index in [0.29, 0.717) is 12.0 Å². The van der Waals surface area contributed by atoms with Crippen LogP contribution in [0.4, 0.5) is 0 Å². The van der Waals surface area contributed by atoms with Gasteiger partial charge in [-0.2, -0.15) is 0 Å². The van der Waals surface area contributed by atoms with Crippen LogP contribution in [0, 0.1) is 0 Å². The predicted molar refractivity (Wildman–Crippen MR) is 121 cm³/mol. The summed E-state index contributed by atoms with van der Waals surface area (Å²) in [5, 5.41) is 6.90. The van der Waals surface area contributed by atoms with Crippen LogP contribution in [-0.2, 0) is 6.42 Å². The first-order valence-corrected chi connectivity index (χ1v) is 8.98. The van der Waals surface area contributed by atoms with Gasteiger partial charge >= 0.3 is 0 Å². The van der Waals surface area contributed by atoms with Crippen molar-refractivity contribution in [3.05, 3.63) is 59.7 Å². The summed E-state index contributed by atoms with van der Waals surface area (Å²) in [6.45, 7) is 0.803. The highest BCUT2D eigenvalue weighted by atomic mass is 127. The zero-order valence-electron chi connectivity index (χ0n) is 16.1. The van der Waals surface area contributed by atoms with E-state index >= 15 is 0 Å². The van der Waals surface area contributed by atoms with Crippen molar-refractivity contribution in [2.75, 3.05) is 27.8 Å². The summed E-state index contributed by atoms with van der Waals surface area (Å²) in [6, 6.07) is 17.1. The number of benzene rings is 2. The highest BCUT2D eigenvalue weighted by molar-refractivity contribution is 14.0. The summed E-state index contributed by atoms with van der Waals surface area (Å²) in [4.78, 5) is 4.34. The van der Waals surface area contributed by atoms with E-state index in [2.05, 4.69) is 52.0 Å². The molecule has 0 spiro atoms. The van der Waals surface area contributed by atoms with Crippen molar-refractivity contribution in [2.24, 2.45) is 4.99 Å². The Bertz CT molecular complexity index is 752. The van der Waals surface area contributed by atoms with E-state index < -0.39 is 0 Å². The Kier molecular flexibility index (Phi) is 8.22. The first-order valence-electron chi connectivity index (χ1n) is 8.98. The Morgan fingerprint density at radius 3 is 2.48 bits per heavy atom. The van der Waals surface area contributed by atoms with Crippen LogP contribution < -0.4 is 20.1 Å². The second-order valence-corrected chi connectivity index (χ2v) is 6.44. The first kappa shape index (κ1) is 21.3. The molecule has 6 heteroatoms. The average Bonchev–Trinajstić information content (AvgIpc) is 3.47. The van der Waals surface area contributed by atoms with Gasteiger partial charge in [-0.15, -0.1) is 24.0 Å². The Balaban J connectivity index is 0.00000261. The number of halogens is 1. The van der Waals surface area contributed by atoms with Gasteiger partial charge in [-0.05, 0) is 36.1 Å². The van der Waals surface area contributed by atoms with Gasteiger partial charge in [0.15, 0.2) is 17.5 Å². The highest BCUT2D eigenvalue weighted by Gasteiger charge is 2.38. The van der Waals surface area contributed by atoms with Gasteiger partial charge in [-0.25, -0.2) is 0 Å². The predicted octanol–water partition coefficient (Wildman–Crippen LogP) is 3.59. The number of hydrogen-bond donors (Lipinski definition) is 2. The van der Waals surface area contributed by atoms with Gasteiger partial charge < -0.3 is 20.1 Å². The fraction of sp³-hybridized carbons (Fsp3) is 0.381. The Hall–Kier alpha value is -1.96. The van der Waals surface area contributed by atoms with E-state index in [1.807, 2.05) is 19.2 Å². The average molecular weight is 481 g/mol. The number of nitrogens with one attached hydrogen (secondary N) is 2. The molecule has 5 nitrogen and oxygen atoms in total. The number of methoxy groups -OCH3 is 2. The number of hydrogen-bond acceptors (Lipinski definition) is 3. The van der Waals surface area contributed by atoms with Gasteiger partial charge in [-0.1, -0.05) is 36.4 Å². The lowest BCUT2D eigenvalue weighted by atomic mass is 10.1. The first-order chi connectivity index (χ1) is 12.7. The van der Waals surface area contributed by atoms with E-state index in [1.165, 1.54) is 11.1 Å². The van der Waals surface area contributed by atoms with Crippen molar-refractivity contribution in [1.82, 2.24) is 10.6 Å². The lowest BCUT2D eigenvalue weighted by Crippen LogP contribution is -2.39. The molecule has 2 aromatic rings. The maximum absolute atomic E-state index is 5.36. The molecule has 0 heterocycles. The zero-order chi connectivity index (χ0) is 18.4. The molecule has 0 bridgehead atoms. The van der Waals surface area contributed by atoms with Crippen LogP contribution in [-0.4, -0.2) is 39.8 Å². The second kappa shape index (κ2) is 10.4. The van der Waals surface area contributed by atoms with Crippen molar-refractivity contribution < 1.29 is 9.47 Å². The fourth-order valence-electron chi connectivity index (χ4n) is 3.15. The van der Waals surface area contributed by atoms with Crippen LogP contribution in [0.15, 0.2) is 53.5 Å². The fourth-order valence-corrected chi connectivity index (χ4v) is 3.15. The molecule has 146 valence electrons. The summed E-state index contributed by atoms with van der Waals surface area (Å²) in [5.41, 5.74) is 2.59. The molecule has 0 amide bonds. The number of rotatable bonds is 7. The Morgan fingerprint density at radius 1 is 1.07 bits per heavy atom. The second-order valence-electron chi connectivity index (χ2n) is 6.44. The molecular weight excluding hydrogens is 453 g/mol. The van der Waals surface area contributed by atoms with Crippen LogP contribution in [0.1, 0.15) is 23.5 Å². The topological polar surface area (TPSA) is 54.9 Å². The molecule has 2 atom stereocenters. The van der Waals surface area contributed by atoms with Gasteiger partial charge in [0.05, 0.1) is 14.2 Å². The lowest BCUT2D eigenvalue weighted by molar-refractivity contribution is 0.354. The molecule has 2 aromatic carbocycles. The number of nitrogens with zero attached hydrogens (tertiary/aromatic N) is 1. The van der Waals surface area contributed by atoms with E-state index in [4.69, 9.17) is 9.47 Å². The monoisotopic (exact) mass is 481 g/mol. The minimum absolute atomic E-state index is 0. The van der Waals surface area contributed by atoms with Crippen LogP contribution in [0.5, 0.6) is 11.5 Å². The summed E-state index contributed by atoms with van der Waals surface area (Å²) in [6.07, 6.45) is 2.04. The van der Waals surface area contributed by atoms with Crippen molar-refractivity contribution in [3.63, 3.8) is 0 Å². The number of aliphatic imine (C=N–C) groups is 1. The van der Waals surface area contributed by atoms with Gasteiger partial charge in [0.2, 0.25) is 0 Å². The minimum Gasteiger partial charge on any atom is -0.493 e. The summed E-state index contributed by atoms with van der Waals surface area (Å²) in [5.74, 6) is 2.95. The van der Waals surface area contributed by atoms with E-state index in [1.54, 1.807) is 14.2 Å². The lowest BCUT2D eigenvalue weighted by Gasteiger charge is -2.13. The van der Waals surface area contributed by atoms with Crippen molar-refractivity contribution in [1.29, 1.82) is 0 Å². The Morgan fingerprint density at radius 2 is 1.81 bits per heavy atom. The molecule has 0 radical (unpaired) electrons. The molecule has 0 aromatic heterocycles. The zero-order valence-corrected chi connectivity index (χ0v) is 18.4. The SMILES string of the molecule is CN=C(NCCc1ccc(OC)c(OC)c1)NC1CC1c1ccccc1.I. The molecule has 27 heavy (non-hydrogen) atoms. The Labute approximate surface area is 178 Å². The standard InChI is InChI=1S/C21H27N3O2.HI/c1-22-21(24-18-14-17(18)16-7-5-4-6-8-16)23-12-11-15-9-10-19(25-2)20(13-15)26-3;/h4-10,13,17-18H,11-12,14H2,1-3H3,(H2,22,23,24);1H. The van der Waals surface area contributed by atoms with Crippen LogP contribution in [0.25, 0.3) is 0 Å². The molecule has 1 saturated carbocycles. The van der Waals surface area contributed by atoms with E-state index in [-0.39, 0.29) is 24.0 Å². The molecule has 1 fully saturated rings. The summed E-state index contributed by atoms with van der Waals surface area (Å²) < 4.78 is 10.6. The van der Waals surface area contributed by atoms with Crippen LogP contribution in [0.2, 0.25) is 0 Å². The van der Waals surface area contributed by atoms with Gasteiger partial charge in [0.1, 0.15) is 0 Å². The van der Waals surface area contributed by atoms with Crippen LogP contribution in [0.3, 0.4) is 0 Å². The largest absolute Gasteiger partial charge is 0.493 e. The normalized spacial score (nSPS) is 18.3. The molecule has 1 aliphatic carbocycles. The van der Waals surface area contributed by atoms with Gasteiger partial charge in [0.25, 0.3) is 0 Å². The molecule has 0 aliphatic heterocycles. The molecule has 2 unspecified atom stereocenters. The number of ether oxygens (including phenoxy) is 2. The smallest absolute Gasteiger partial charge is 0.191 e. The highest BCUT2D eigenvalue weighted by Crippen LogP contribution is 2.40. The van der Waals surface area contributed by atoms with Crippen molar-refractivity contribution >= 4 is 29.9 Å². The molecule has 0 saturated heterocycles. The molecular formula is C21H28IN3O2. The van der Waals surface area contributed by atoms with Crippen molar-refractivity contribution in [2.45, 2.75) is 24.8 Å². The maximum atomic E-state index is 5.36. The third-order valence-electron chi connectivity index (χ3n) is 4.72. The maximum Gasteiger partial charge on any atom is 0.191 e. The van der Waals surface area contributed by atoms with E-state index in [9.17, 15) is 0 Å². The van der Waals surface area contributed by atoms with Gasteiger partial charge in [0, 0.05) is 25.6 Å². The van der Waals surface area contributed by atoms with E-state index in [0.717, 1.165) is 36.8 Å². The summed E-state index contributed by atoms with van der Waals surface area (Å²) in [7, 11) is 5.12.